The molecule has 1 atom stereocenters. The zero-order valence-corrected chi connectivity index (χ0v) is 13.3. The summed E-state index contributed by atoms with van der Waals surface area (Å²) in [5, 5.41) is 7.62. The number of hydrogen-bond acceptors (Lipinski definition) is 3. The Kier molecular flexibility index (Phi) is 5.41. The second-order valence-corrected chi connectivity index (χ2v) is 5.10. The van der Waals surface area contributed by atoms with E-state index in [1.54, 1.807) is 7.11 Å². The van der Waals surface area contributed by atoms with Crippen LogP contribution in [0, 0.1) is 0 Å². The molecule has 1 aromatic carbocycles. The van der Waals surface area contributed by atoms with Crippen LogP contribution in [0.25, 0.3) is 5.69 Å². The number of benzene rings is 1. The maximum absolute atomic E-state index is 5.84. The van der Waals surface area contributed by atoms with E-state index in [9.17, 15) is 0 Å². The topological polar surface area (TPSA) is 77.5 Å². The summed E-state index contributed by atoms with van der Waals surface area (Å²) >= 11 is 0. The van der Waals surface area contributed by atoms with Crippen LogP contribution in [0.5, 0.6) is 5.75 Å². The van der Waals surface area contributed by atoms with Crippen LogP contribution in [-0.4, -0.2) is 28.9 Å². The van der Waals surface area contributed by atoms with Gasteiger partial charge >= 0.3 is 0 Å². The van der Waals surface area contributed by atoms with Crippen LogP contribution in [0.2, 0.25) is 0 Å². The molecule has 0 aliphatic carbocycles. The first-order valence-corrected chi connectivity index (χ1v) is 7.37. The molecule has 0 saturated heterocycles. The average molecular weight is 301 g/mol. The number of aliphatic imine (C=N–C) groups is 1. The molecule has 0 spiro atoms. The first-order chi connectivity index (χ1) is 10.6. The number of nitrogens with one attached hydrogen (secondary N) is 1. The molecular weight excluding hydrogens is 278 g/mol. The van der Waals surface area contributed by atoms with Crippen molar-refractivity contribution >= 4 is 5.96 Å². The number of guanidine groups is 1. The highest BCUT2D eigenvalue weighted by molar-refractivity contribution is 5.78. The average Bonchev–Trinajstić information content (AvgIpc) is 3.02. The molecule has 6 heteroatoms. The maximum Gasteiger partial charge on any atom is 0.189 e. The summed E-state index contributed by atoms with van der Waals surface area (Å²) in [7, 11) is 1.65. The lowest BCUT2D eigenvalue weighted by molar-refractivity contribution is 0.414. The molecule has 6 nitrogen and oxygen atoms in total. The van der Waals surface area contributed by atoms with E-state index in [0.717, 1.165) is 23.6 Å². The van der Waals surface area contributed by atoms with Crippen molar-refractivity contribution in [1.82, 2.24) is 15.1 Å². The minimum absolute atomic E-state index is 0.320. The Morgan fingerprint density at radius 1 is 1.36 bits per heavy atom. The fourth-order valence-electron chi connectivity index (χ4n) is 1.89. The highest BCUT2D eigenvalue weighted by Crippen LogP contribution is 2.14. The van der Waals surface area contributed by atoms with Crippen LogP contribution in [0.3, 0.4) is 0 Å². The second-order valence-electron chi connectivity index (χ2n) is 5.10. The number of nitrogens with zero attached hydrogens (tertiary/aromatic N) is 3. The van der Waals surface area contributed by atoms with Gasteiger partial charge in [0.2, 0.25) is 0 Å². The number of nitrogens with two attached hydrogens (primary N) is 1. The molecule has 0 fully saturated rings. The van der Waals surface area contributed by atoms with Crippen molar-refractivity contribution in [3.8, 4) is 11.4 Å². The zero-order chi connectivity index (χ0) is 15.9. The molecule has 0 saturated carbocycles. The summed E-state index contributed by atoms with van der Waals surface area (Å²) in [5.74, 6) is 1.28. The lowest BCUT2D eigenvalue weighted by atomic mass is 10.3. The normalized spacial score (nSPS) is 13.0. The number of aromatic nitrogens is 2. The van der Waals surface area contributed by atoms with Crippen molar-refractivity contribution in [2.75, 3.05) is 7.11 Å². The third-order valence-electron chi connectivity index (χ3n) is 3.40. The summed E-state index contributed by atoms with van der Waals surface area (Å²) < 4.78 is 6.96. The van der Waals surface area contributed by atoms with Gasteiger partial charge in [-0.15, -0.1) is 0 Å². The first kappa shape index (κ1) is 15.9. The molecule has 0 aliphatic rings. The number of ether oxygens (including phenoxy) is 1. The summed E-state index contributed by atoms with van der Waals surface area (Å²) in [5.41, 5.74) is 7.68. The summed E-state index contributed by atoms with van der Waals surface area (Å²) in [6, 6.07) is 9.98. The largest absolute Gasteiger partial charge is 0.497 e. The smallest absolute Gasteiger partial charge is 0.189 e. The van der Waals surface area contributed by atoms with Crippen LogP contribution in [0.15, 0.2) is 41.5 Å². The Morgan fingerprint density at radius 3 is 2.73 bits per heavy atom. The van der Waals surface area contributed by atoms with E-state index >= 15 is 0 Å². The Balaban J connectivity index is 2.00. The third kappa shape index (κ3) is 4.25. The fraction of sp³-hybridized carbons (Fsp3) is 0.375. The SMILES string of the molecule is CCC(C)NC(N)=NCc1ccn(-c2ccc(OC)cc2)n1. The van der Waals surface area contributed by atoms with Gasteiger partial charge in [0.1, 0.15) is 5.75 Å². The van der Waals surface area contributed by atoms with Gasteiger partial charge in [0, 0.05) is 12.2 Å². The second kappa shape index (κ2) is 7.49. The van der Waals surface area contributed by atoms with Crippen molar-refractivity contribution in [3.05, 3.63) is 42.2 Å². The summed E-state index contributed by atoms with van der Waals surface area (Å²) in [6.07, 6.45) is 2.91. The molecule has 1 unspecified atom stereocenters. The predicted molar refractivity (Wildman–Crippen MR) is 88.3 cm³/mol. The van der Waals surface area contributed by atoms with Crippen LogP contribution in [0.1, 0.15) is 26.0 Å². The molecule has 0 amide bonds. The van der Waals surface area contributed by atoms with Crippen LogP contribution < -0.4 is 15.8 Å². The summed E-state index contributed by atoms with van der Waals surface area (Å²) in [6.45, 7) is 4.63. The molecule has 2 aromatic rings. The Morgan fingerprint density at radius 2 is 2.09 bits per heavy atom. The van der Waals surface area contributed by atoms with Crippen molar-refractivity contribution in [2.24, 2.45) is 10.7 Å². The van der Waals surface area contributed by atoms with Gasteiger partial charge in [-0.1, -0.05) is 6.92 Å². The maximum atomic E-state index is 5.84. The third-order valence-corrected chi connectivity index (χ3v) is 3.40. The molecule has 1 heterocycles. The lowest BCUT2D eigenvalue weighted by Gasteiger charge is -2.11. The standard InChI is InChI=1S/C16H23N5O/c1-4-12(2)19-16(17)18-11-13-9-10-21(20-13)14-5-7-15(22-3)8-6-14/h5-10,12H,4,11H2,1-3H3,(H3,17,18,19). The minimum atomic E-state index is 0.320. The van der Waals surface area contributed by atoms with E-state index in [-0.39, 0.29) is 0 Å². The molecule has 0 bridgehead atoms. The van der Waals surface area contributed by atoms with Crippen LogP contribution in [0.4, 0.5) is 0 Å². The van der Waals surface area contributed by atoms with E-state index in [1.807, 2.05) is 41.2 Å². The molecule has 3 N–H and O–H groups in total. The van der Waals surface area contributed by atoms with E-state index in [0.29, 0.717) is 18.5 Å². The van der Waals surface area contributed by atoms with Crippen molar-refractivity contribution in [3.63, 3.8) is 0 Å². The van der Waals surface area contributed by atoms with Gasteiger partial charge in [-0.3, -0.25) is 0 Å². The first-order valence-electron chi connectivity index (χ1n) is 7.37. The molecule has 0 aliphatic heterocycles. The van der Waals surface area contributed by atoms with E-state index in [1.165, 1.54) is 0 Å². The Hall–Kier alpha value is -2.50. The molecule has 2 rings (SSSR count). The van der Waals surface area contributed by atoms with Gasteiger partial charge in [0.25, 0.3) is 0 Å². The van der Waals surface area contributed by atoms with Crippen molar-refractivity contribution in [2.45, 2.75) is 32.9 Å². The summed E-state index contributed by atoms with van der Waals surface area (Å²) in [4.78, 5) is 4.30. The molecule has 1 aromatic heterocycles. The molecule has 22 heavy (non-hydrogen) atoms. The van der Waals surface area contributed by atoms with Gasteiger partial charge in [-0.2, -0.15) is 5.10 Å². The van der Waals surface area contributed by atoms with Crippen LogP contribution >= 0.6 is 0 Å². The van der Waals surface area contributed by atoms with Gasteiger partial charge < -0.3 is 15.8 Å². The molecule has 118 valence electrons. The van der Waals surface area contributed by atoms with E-state index < -0.39 is 0 Å². The van der Waals surface area contributed by atoms with Gasteiger partial charge in [-0.25, -0.2) is 9.67 Å². The van der Waals surface area contributed by atoms with Gasteiger partial charge in [0.05, 0.1) is 25.0 Å². The lowest BCUT2D eigenvalue weighted by Crippen LogP contribution is -2.38. The predicted octanol–water partition coefficient (Wildman–Crippen LogP) is 2.08. The Bertz CT molecular complexity index is 618. The van der Waals surface area contributed by atoms with Crippen molar-refractivity contribution < 1.29 is 4.74 Å². The highest BCUT2D eigenvalue weighted by Gasteiger charge is 2.03. The molecule has 0 radical (unpaired) electrons. The van der Waals surface area contributed by atoms with E-state index in [2.05, 4.69) is 29.3 Å². The van der Waals surface area contributed by atoms with Gasteiger partial charge in [0.15, 0.2) is 5.96 Å². The number of methoxy groups -OCH3 is 1. The monoisotopic (exact) mass is 301 g/mol. The quantitative estimate of drug-likeness (QED) is 0.632. The highest BCUT2D eigenvalue weighted by atomic mass is 16.5. The van der Waals surface area contributed by atoms with Crippen molar-refractivity contribution in [1.29, 1.82) is 0 Å². The van der Waals surface area contributed by atoms with E-state index in [4.69, 9.17) is 10.5 Å². The number of hydrogen-bond donors (Lipinski definition) is 2. The minimum Gasteiger partial charge on any atom is -0.497 e. The molecular formula is C16H23N5O. The number of rotatable bonds is 6. The van der Waals surface area contributed by atoms with Crippen LogP contribution in [-0.2, 0) is 6.54 Å². The van der Waals surface area contributed by atoms with Gasteiger partial charge in [-0.05, 0) is 43.7 Å². The Labute approximate surface area is 131 Å². The zero-order valence-electron chi connectivity index (χ0n) is 13.3. The fourth-order valence-corrected chi connectivity index (χ4v) is 1.89.